The Kier molecular flexibility index (Phi) is 4.40. The summed E-state index contributed by atoms with van der Waals surface area (Å²) in [6.07, 6.45) is 0. The molecule has 17 heavy (non-hydrogen) atoms. The number of ketones is 1. The Labute approximate surface area is 102 Å². The SMILES string of the molecule is Cc1cc(C)c(C(=O)C(CN)C(C)C)c(F)c1. The van der Waals surface area contributed by atoms with Crippen LogP contribution in [0.25, 0.3) is 0 Å². The second kappa shape index (κ2) is 5.41. The van der Waals surface area contributed by atoms with Crippen LogP contribution >= 0.6 is 0 Å². The van der Waals surface area contributed by atoms with Crippen LogP contribution in [0.1, 0.15) is 35.3 Å². The van der Waals surface area contributed by atoms with Gasteiger partial charge in [-0.05, 0) is 37.0 Å². The van der Waals surface area contributed by atoms with E-state index in [4.69, 9.17) is 5.73 Å². The molecule has 0 aliphatic carbocycles. The molecule has 1 rings (SSSR count). The minimum Gasteiger partial charge on any atom is -0.330 e. The Morgan fingerprint density at radius 2 is 1.94 bits per heavy atom. The van der Waals surface area contributed by atoms with Gasteiger partial charge in [0.15, 0.2) is 5.78 Å². The van der Waals surface area contributed by atoms with Gasteiger partial charge < -0.3 is 5.73 Å². The molecule has 1 aromatic carbocycles. The molecule has 0 fully saturated rings. The first-order valence-corrected chi connectivity index (χ1v) is 5.89. The molecule has 2 N–H and O–H groups in total. The second-order valence-corrected chi connectivity index (χ2v) is 4.89. The number of carbonyl (C=O) groups is 1. The molecule has 0 aliphatic rings. The van der Waals surface area contributed by atoms with Crippen LogP contribution in [-0.4, -0.2) is 12.3 Å². The van der Waals surface area contributed by atoms with Crippen LogP contribution in [0.4, 0.5) is 4.39 Å². The molecule has 1 unspecified atom stereocenters. The fraction of sp³-hybridized carbons (Fsp3) is 0.500. The van der Waals surface area contributed by atoms with Crippen molar-refractivity contribution < 1.29 is 9.18 Å². The molecule has 0 spiro atoms. The van der Waals surface area contributed by atoms with E-state index in [-0.39, 0.29) is 29.7 Å². The van der Waals surface area contributed by atoms with E-state index >= 15 is 0 Å². The third-order valence-corrected chi connectivity index (χ3v) is 3.07. The zero-order valence-electron chi connectivity index (χ0n) is 10.9. The number of hydrogen-bond donors (Lipinski definition) is 1. The van der Waals surface area contributed by atoms with Gasteiger partial charge in [0, 0.05) is 12.5 Å². The van der Waals surface area contributed by atoms with Gasteiger partial charge in [-0.2, -0.15) is 0 Å². The molecule has 0 bridgehead atoms. The molecule has 0 aliphatic heterocycles. The zero-order valence-corrected chi connectivity index (χ0v) is 10.9. The molecule has 0 aromatic heterocycles. The Balaban J connectivity index is 3.20. The van der Waals surface area contributed by atoms with E-state index in [2.05, 4.69) is 0 Å². The summed E-state index contributed by atoms with van der Waals surface area (Å²) in [5.74, 6) is -0.817. The van der Waals surface area contributed by atoms with Crippen LogP contribution in [0.2, 0.25) is 0 Å². The molecule has 0 amide bonds. The summed E-state index contributed by atoms with van der Waals surface area (Å²) in [6, 6.07) is 3.22. The Morgan fingerprint density at radius 3 is 2.35 bits per heavy atom. The number of carbonyl (C=O) groups excluding carboxylic acids is 1. The quantitative estimate of drug-likeness (QED) is 0.818. The van der Waals surface area contributed by atoms with Gasteiger partial charge in [-0.3, -0.25) is 4.79 Å². The molecule has 1 aromatic rings. The first-order valence-electron chi connectivity index (χ1n) is 5.89. The fourth-order valence-electron chi connectivity index (χ4n) is 2.10. The maximum absolute atomic E-state index is 13.9. The number of aryl methyl sites for hydroxylation is 2. The van der Waals surface area contributed by atoms with E-state index in [0.29, 0.717) is 5.56 Å². The van der Waals surface area contributed by atoms with E-state index in [1.165, 1.54) is 6.07 Å². The fourth-order valence-corrected chi connectivity index (χ4v) is 2.10. The van der Waals surface area contributed by atoms with Crippen molar-refractivity contribution in [1.29, 1.82) is 0 Å². The lowest BCUT2D eigenvalue weighted by atomic mass is 9.86. The summed E-state index contributed by atoms with van der Waals surface area (Å²) in [7, 11) is 0. The Morgan fingerprint density at radius 1 is 1.35 bits per heavy atom. The van der Waals surface area contributed by atoms with Gasteiger partial charge in [-0.25, -0.2) is 4.39 Å². The average molecular weight is 237 g/mol. The van der Waals surface area contributed by atoms with Gasteiger partial charge in [0.05, 0.1) is 5.56 Å². The van der Waals surface area contributed by atoms with Crippen LogP contribution in [0, 0.1) is 31.5 Å². The van der Waals surface area contributed by atoms with Crippen molar-refractivity contribution in [2.24, 2.45) is 17.6 Å². The first-order chi connectivity index (χ1) is 7.88. The molecular formula is C14H20FNO. The maximum atomic E-state index is 13.9. The van der Waals surface area contributed by atoms with Crippen molar-refractivity contribution >= 4 is 5.78 Å². The molecule has 2 nitrogen and oxygen atoms in total. The monoisotopic (exact) mass is 237 g/mol. The molecule has 1 atom stereocenters. The maximum Gasteiger partial charge on any atom is 0.170 e. The van der Waals surface area contributed by atoms with E-state index in [1.54, 1.807) is 6.92 Å². The third-order valence-electron chi connectivity index (χ3n) is 3.07. The topological polar surface area (TPSA) is 43.1 Å². The zero-order chi connectivity index (χ0) is 13.2. The van der Waals surface area contributed by atoms with Crippen molar-refractivity contribution in [3.8, 4) is 0 Å². The molecule has 94 valence electrons. The number of nitrogens with two attached hydrogens (primary N) is 1. The Hall–Kier alpha value is -1.22. The number of hydrogen-bond acceptors (Lipinski definition) is 2. The molecule has 0 saturated heterocycles. The van der Waals surface area contributed by atoms with Crippen molar-refractivity contribution in [3.05, 3.63) is 34.6 Å². The lowest BCUT2D eigenvalue weighted by molar-refractivity contribution is 0.0887. The first kappa shape index (κ1) is 13.8. The Bertz CT molecular complexity index is 403. The van der Waals surface area contributed by atoms with Gasteiger partial charge in [0.2, 0.25) is 0 Å². The van der Waals surface area contributed by atoms with Crippen molar-refractivity contribution in [2.45, 2.75) is 27.7 Å². The van der Waals surface area contributed by atoms with Crippen LogP contribution in [0.3, 0.4) is 0 Å². The van der Waals surface area contributed by atoms with Crippen molar-refractivity contribution in [2.75, 3.05) is 6.54 Å². The van der Waals surface area contributed by atoms with Gasteiger partial charge in [0.1, 0.15) is 5.82 Å². The summed E-state index contributed by atoms with van der Waals surface area (Å²) >= 11 is 0. The highest BCUT2D eigenvalue weighted by Gasteiger charge is 2.25. The van der Waals surface area contributed by atoms with Crippen LogP contribution < -0.4 is 5.73 Å². The standard InChI is InChI=1S/C14H20FNO/c1-8(2)11(7-16)14(17)13-10(4)5-9(3)6-12(13)15/h5-6,8,11H,7,16H2,1-4H3. The summed E-state index contributed by atoms with van der Waals surface area (Å²) in [5.41, 5.74) is 7.30. The van der Waals surface area contributed by atoms with Gasteiger partial charge in [-0.1, -0.05) is 19.9 Å². The summed E-state index contributed by atoms with van der Waals surface area (Å²) < 4.78 is 13.9. The molecule has 0 radical (unpaired) electrons. The summed E-state index contributed by atoms with van der Waals surface area (Å²) in [4.78, 5) is 12.3. The molecule has 0 saturated carbocycles. The number of halogens is 1. The van der Waals surface area contributed by atoms with E-state index in [1.807, 2.05) is 26.8 Å². The van der Waals surface area contributed by atoms with E-state index in [9.17, 15) is 9.18 Å². The second-order valence-electron chi connectivity index (χ2n) is 4.89. The smallest absolute Gasteiger partial charge is 0.170 e. The van der Waals surface area contributed by atoms with E-state index in [0.717, 1.165) is 5.56 Å². The lowest BCUT2D eigenvalue weighted by Gasteiger charge is -2.19. The van der Waals surface area contributed by atoms with Crippen LogP contribution in [0.5, 0.6) is 0 Å². The van der Waals surface area contributed by atoms with E-state index < -0.39 is 5.82 Å². The van der Waals surface area contributed by atoms with Crippen molar-refractivity contribution in [3.63, 3.8) is 0 Å². The predicted octanol–water partition coefficient (Wildman–Crippen LogP) is 2.86. The highest BCUT2D eigenvalue weighted by molar-refractivity contribution is 5.99. The molecular weight excluding hydrogens is 217 g/mol. The number of Topliss-reactive ketones (excluding diaryl/α,β-unsaturated/α-hetero) is 1. The van der Waals surface area contributed by atoms with Crippen LogP contribution in [-0.2, 0) is 0 Å². The lowest BCUT2D eigenvalue weighted by Crippen LogP contribution is -2.29. The normalized spacial score (nSPS) is 12.9. The minimum atomic E-state index is -0.438. The number of benzene rings is 1. The highest BCUT2D eigenvalue weighted by atomic mass is 19.1. The summed E-state index contributed by atoms with van der Waals surface area (Å²) in [6.45, 7) is 7.68. The predicted molar refractivity (Wildman–Crippen MR) is 67.6 cm³/mol. The largest absolute Gasteiger partial charge is 0.330 e. The van der Waals surface area contributed by atoms with Gasteiger partial charge in [-0.15, -0.1) is 0 Å². The van der Waals surface area contributed by atoms with Crippen molar-refractivity contribution in [1.82, 2.24) is 0 Å². The average Bonchev–Trinajstić information content (AvgIpc) is 2.15. The minimum absolute atomic E-state index is 0.118. The van der Waals surface area contributed by atoms with Gasteiger partial charge in [0.25, 0.3) is 0 Å². The molecule has 3 heteroatoms. The highest BCUT2D eigenvalue weighted by Crippen LogP contribution is 2.22. The third kappa shape index (κ3) is 2.91. The molecule has 0 heterocycles. The van der Waals surface area contributed by atoms with Gasteiger partial charge >= 0.3 is 0 Å². The number of rotatable bonds is 4. The van der Waals surface area contributed by atoms with Crippen LogP contribution in [0.15, 0.2) is 12.1 Å². The summed E-state index contributed by atoms with van der Waals surface area (Å²) in [5, 5.41) is 0.